The second-order valence-electron chi connectivity index (χ2n) is 33.2. The summed E-state index contributed by atoms with van der Waals surface area (Å²) in [4.78, 5) is 126. The molecule has 0 spiro atoms. The van der Waals surface area contributed by atoms with Crippen molar-refractivity contribution in [1.82, 2.24) is 47.9 Å². The van der Waals surface area contributed by atoms with Crippen LogP contribution in [-0.2, 0) is 76.8 Å². The van der Waals surface area contributed by atoms with Gasteiger partial charge in [-0.05, 0) is 148 Å². The van der Waals surface area contributed by atoms with Gasteiger partial charge in [0.25, 0.3) is 0 Å². The van der Waals surface area contributed by atoms with E-state index in [1.54, 1.807) is 48.5 Å². The molecule has 9 aliphatic heterocycles. The van der Waals surface area contributed by atoms with Crippen molar-refractivity contribution in [2.45, 2.75) is 167 Å². The molecule has 23 atom stereocenters. The van der Waals surface area contributed by atoms with Crippen molar-refractivity contribution in [1.29, 1.82) is 0 Å². The minimum absolute atomic E-state index is 0.0388. The van der Waals surface area contributed by atoms with Gasteiger partial charge >= 0.3 is 5.97 Å². The van der Waals surface area contributed by atoms with Gasteiger partial charge < -0.3 is 162 Å². The third kappa shape index (κ3) is 20.9. The molecule has 24 N–H and O–H groups in total. The zero-order valence-electron chi connectivity index (χ0n) is 71.3. The van der Waals surface area contributed by atoms with Crippen LogP contribution < -0.4 is 71.5 Å². The standard InChI is InChI=1S/C92H89Cl4N9O32/c1-35(109)99-72-78(118)75(115)63(33-107)134-91(72)136-81-41-9-17-57(52(96)23-41)131-61-26-43-25-60(82(61)137-90-71(77(117)74(114)62(32-106)133-90)98-31-37-4-12-45(94)13-5-37)130-56-16-6-38(18-51(56)95)19-53-83(121)101-68(42-20-46(110)27-48(21-42)129-58-24-40(8-15-55(58)113)66(84(122)100-53)97-30-36-2-10-44(93)11-3-36)86(124)103-69(43)87(125)102-67-39-7-14-54(112)49(22-39)65-50(70(89(127)128)104-88(126)73(81)105-85(67)123)28-47(111)29-59(65)132-92-80(120)79(119)76(116)64(34-108)135-92/h2-18,20-29,53,62-64,66-81,90-92,97-98,106-108,110-120H,19,30-34H2,1H3,(H,99,109)(H,100,122)(H,101,121)(H,102,125)(H,103,124)(H,104,126)(H,105,123)(H,127,128)/t53-,62-,63-,64-,66+,67-,68+,69-,70+,71-,72-,73+,74-,75-,76-,77-,78-,79+,80+,81-,90+,91+,92+/m1/s1. The smallest absolute Gasteiger partial charge is 0.330 e. The maximum absolute atomic E-state index is 17.2. The topological polar surface area (TPSA) is 631 Å². The highest BCUT2D eigenvalue weighted by molar-refractivity contribution is 6.32. The molecule has 0 aliphatic carbocycles. The number of aliphatic hydroxyl groups excluding tert-OH is 10. The molecule has 0 aromatic heterocycles. The van der Waals surface area contributed by atoms with Crippen molar-refractivity contribution in [3.05, 3.63) is 234 Å². The van der Waals surface area contributed by atoms with E-state index >= 15 is 28.8 Å². The van der Waals surface area contributed by atoms with Crippen LogP contribution in [0.2, 0.25) is 20.1 Å². The molecular formula is C92H89Cl4N9O32. The Morgan fingerprint density at radius 2 is 0.978 bits per heavy atom. The molecule has 0 saturated carbocycles. The number of nitrogens with one attached hydrogen (secondary N) is 9. The fourth-order valence-corrected chi connectivity index (χ4v) is 17.7. The Morgan fingerprint density at radius 3 is 1.59 bits per heavy atom. The molecule has 7 amide bonds. The average Bonchev–Trinajstić information content (AvgIpc) is 0.753. The molecule has 9 aromatic rings. The molecule has 722 valence electrons. The summed E-state index contributed by atoms with van der Waals surface area (Å²) in [7, 11) is 0. The van der Waals surface area contributed by atoms with Crippen LogP contribution in [0, 0.1) is 0 Å². The van der Waals surface area contributed by atoms with Crippen LogP contribution in [0.4, 0.5) is 0 Å². The molecule has 137 heavy (non-hydrogen) atoms. The second-order valence-corrected chi connectivity index (χ2v) is 34.9. The first-order valence-corrected chi connectivity index (χ1v) is 44.0. The molecule has 9 heterocycles. The SMILES string of the molecule is CC(=O)N[C@H]1[C@H](O[C@@H]2c3ccc(c(Cl)c3)Oc3cc4cc(c3O[C@@H]3O[C@H](CO)[C@@H](O)[C@H](O)[C@H]3NCc3ccc(Cl)cc3)Oc3ccc(cc3Cl)C[C@H]3NC(=O)[C@@H](NCc5ccc(Cl)cc5)c5ccc(O)c(c5)Oc5cc(O)cc(c5)[C@H](NC3=O)C(=O)N[C@H]4C(=O)N[C@H]3C(=O)N[C@@H]2C(=O)N[C@H](C(=O)O)c2cc(O)cc(O[C@H]4O[C@H](CO)[C@@H](O)[C@H](O)[C@@H]4O)c2-c2cc3ccc2O)O[C@H](CO)[C@@H](O)[C@@H]1O. The molecule has 45 heteroatoms. The molecule has 17 bridgehead atoms. The van der Waals surface area contributed by atoms with Crippen LogP contribution in [0.3, 0.4) is 0 Å². The van der Waals surface area contributed by atoms with Crippen LogP contribution in [0.5, 0.6) is 69.0 Å². The number of hydrogen-bond donors (Lipinski definition) is 24. The summed E-state index contributed by atoms with van der Waals surface area (Å²) in [5.74, 6) is -18.4. The monoisotopic (exact) mass is 1970 g/mol. The zero-order valence-corrected chi connectivity index (χ0v) is 74.3. The number of phenolic OH excluding ortho intramolecular Hbond substituents is 4. The molecule has 3 saturated heterocycles. The highest BCUT2D eigenvalue weighted by Gasteiger charge is 2.52. The Balaban J connectivity index is 0.946. The van der Waals surface area contributed by atoms with E-state index in [2.05, 4.69) is 47.9 Å². The van der Waals surface area contributed by atoms with Crippen molar-refractivity contribution < 1.29 is 158 Å². The molecule has 0 unspecified atom stereocenters. The summed E-state index contributed by atoms with van der Waals surface area (Å²) >= 11 is 27.4. The predicted molar refractivity (Wildman–Crippen MR) is 475 cm³/mol. The van der Waals surface area contributed by atoms with Crippen molar-refractivity contribution in [3.8, 4) is 80.1 Å². The van der Waals surface area contributed by atoms with Crippen molar-refractivity contribution >= 4 is 93.7 Å². The van der Waals surface area contributed by atoms with Crippen molar-refractivity contribution in [3.63, 3.8) is 0 Å². The predicted octanol–water partition coefficient (Wildman–Crippen LogP) is 2.83. The highest BCUT2D eigenvalue weighted by Crippen LogP contribution is 2.51. The van der Waals surface area contributed by atoms with Crippen molar-refractivity contribution in [2.75, 3.05) is 19.8 Å². The lowest BCUT2D eigenvalue weighted by Gasteiger charge is -2.44. The molecule has 41 nitrogen and oxygen atoms in total. The van der Waals surface area contributed by atoms with E-state index in [0.717, 1.165) is 85.8 Å². The highest BCUT2D eigenvalue weighted by atomic mass is 35.5. The third-order valence-electron chi connectivity index (χ3n) is 24.0. The van der Waals surface area contributed by atoms with Crippen LogP contribution in [0.1, 0.15) is 93.3 Å². The molecule has 0 radical (unpaired) electrons. The summed E-state index contributed by atoms with van der Waals surface area (Å²) in [6, 6.07) is 14.8. The minimum Gasteiger partial charge on any atom is -0.508 e. The number of aromatic hydroxyl groups is 4. The molecule has 9 aliphatic rings. The maximum atomic E-state index is 17.2. The van der Waals surface area contributed by atoms with Gasteiger partial charge in [0.1, 0.15) is 150 Å². The molecule has 9 aromatic carbocycles. The number of carboxylic acids is 1. The van der Waals surface area contributed by atoms with E-state index in [0.29, 0.717) is 21.2 Å². The molecule has 3 fully saturated rings. The van der Waals surface area contributed by atoms with Gasteiger partial charge in [-0.25, -0.2) is 4.79 Å². The lowest BCUT2D eigenvalue weighted by Crippen LogP contribution is -2.65. The fourth-order valence-electron chi connectivity index (χ4n) is 16.9. The van der Waals surface area contributed by atoms with Gasteiger partial charge in [0.2, 0.25) is 59.7 Å². The van der Waals surface area contributed by atoms with Gasteiger partial charge in [-0.3, -0.25) is 38.9 Å². The fraction of sp³-hybridized carbons (Fsp3) is 0.326. The second kappa shape index (κ2) is 41.0. The Bertz CT molecular complexity index is 6140. The minimum atomic E-state index is -2.59. The van der Waals surface area contributed by atoms with E-state index < -0.39 is 299 Å². The first-order valence-electron chi connectivity index (χ1n) is 42.5. The number of rotatable bonds is 17. The van der Waals surface area contributed by atoms with Crippen LogP contribution in [0.15, 0.2) is 164 Å². The first kappa shape index (κ1) is 97.5. The average molecular weight is 1970 g/mol. The molecular weight excluding hydrogens is 1880 g/mol. The summed E-state index contributed by atoms with van der Waals surface area (Å²) in [5, 5.41) is 196. The van der Waals surface area contributed by atoms with Crippen LogP contribution in [0.25, 0.3) is 11.1 Å². The van der Waals surface area contributed by atoms with E-state index in [1.165, 1.54) is 36.4 Å². The van der Waals surface area contributed by atoms with E-state index in [4.69, 9.17) is 89.0 Å². The third-order valence-corrected chi connectivity index (χ3v) is 25.0. The van der Waals surface area contributed by atoms with Crippen molar-refractivity contribution in [2.24, 2.45) is 0 Å². The Morgan fingerprint density at radius 1 is 0.445 bits per heavy atom. The number of ether oxygens (including phenoxy) is 9. The summed E-state index contributed by atoms with van der Waals surface area (Å²) in [6.45, 7) is -2.29. The number of benzene rings is 9. The number of amides is 7. The molecule has 18 rings (SSSR count). The Kier molecular flexibility index (Phi) is 29.2. The first-order chi connectivity index (χ1) is 65.5. The number of phenols is 4. The number of aliphatic hydroxyl groups is 10. The number of halogens is 4. The van der Waals surface area contributed by atoms with Gasteiger partial charge in [0, 0.05) is 65.3 Å². The van der Waals surface area contributed by atoms with Gasteiger partial charge in [-0.15, -0.1) is 0 Å². The maximum Gasteiger partial charge on any atom is 0.330 e. The number of aliphatic carboxylic acids is 1. The van der Waals surface area contributed by atoms with E-state index in [1.807, 2.05) is 0 Å². The van der Waals surface area contributed by atoms with Gasteiger partial charge in [0.05, 0.1) is 35.9 Å². The normalized spacial score (nSPS) is 28.2. The number of hydrogen-bond acceptors (Lipinski definition) is 33. The lowest BCUT2D eigenvalue weighted by molar-refractivity contribution is -0.284. The van der Waals surface area contributed by atoms with Crippen LogP contribution in [-0.4, -0.2) is 248 Å². The Hall–Kier alpha value is -12.5. The number of fused-ring (bicyclic) bond motifs is 14. The van der Waals surface area contributed by atoms with Gasteiger partial charge in [0.15, 0.2) is 35.3 Å². The number of carboxylic acid groups (broad SMARTS) is 1. The summed E-state index contributed by atoms with van der Waals surface area (Å²) in [5.41, 5.74) is -2.43. The van der Waals surface area contributed by atoms with E-state index in [-0.39, 0.29) is 57.6 Å². The number of carbonyl (C=O) groups is 8. The van der Waals surface area contributed by atoms with Gasteiger partial charge in [-0.1, -0.05) is 94.9 Å². The largest absolute Gasteiger partial charge is 0.508 e. The Labute approximate surface area is 795 Å². The lowest BCUT2D eigenvalue weighted by atomic mass is 9.89. The quantitative estimate of drug-likeness (QED) is 0.0623. The summed E-state index contributed by atoms with van der Waals surface area (Å²) in [6.07, 6.45) is -28.8. The van der Waals surface area contributed by atoms with Gasteiger partial charge in [-0.2, -0.15) is 0 Å². The van der Waals surface area contributed by atoms with E-state index in [9.17, 15) is 86.2 Å². The summed E-state index contributed by atoms with van der Waals surface area (Å²) < 4.78 is 58.1. The van der Waals surface area contributed by atoms with Crippen LogP contribution >= 0.6 is 46.4 Å². The zero-order chi connectivity index (χ0) is 97.5. The number of carbonyl (C=O) groups excluding carboxylic acids is 7.